The summed E-state index contributed by atoms with van der Waals surface area (Å²) in [5.41, 5.74) is 1.29. The molecule has 0 aliphatic carbocycles. The number of nitriles is 1. The Balaban J connectivity index is 1.77. The molecule has 2 aliphatic heterocycles. The van der Waals surface area contributed by atoms with Gasteiger partial charge in [-0.1, -0.05) is 0 Å². The van der Waals surface area contributed by atoms with Crippen molar-refractivity contribution in [2.75, 3.05) is 6.54 Å². The molecule has 0 saturated carbocycles. The van der Waals surface area contributed by atoms with E-state index in [0.29, 0.717) is 29.9 Å². The second kappa shape index (κ2) is 5.87. The third kappa shape index (κ3) is 2.40. The first-order chi connectivity index (χ1) is 12.8. The van der Waals surface area contributed by atoms with Crippen molar-refractivity contribution in [3.05, 3.63) is 39.7 Å². The highest BCUT2D eigenvalue weighted by Gasteiger charge is 2.49. The molecule has 2 aromatic heterocycles. The van der Waals surface area contributed by atoms with E-state index in [2.05, 4.69) is 4.98 Å². The largest absolute Gasteiger partial charge is 0.493 e. The number of likely N-dealkylation sites (tertiary alicyclic amines) is 1. The van der Waals surface area contributed by atoms with Crippen LogP contribution in [0.1, 0.15) is 49.3 Å². The third-order valence-electron chi connectivity index (χ3n) is 5.06. The molecule has 2 unspecified atom stereocenters. The van der Waals surface area contributed by atoms with Crippen molar-refractivity contribution in [3.63, 3.8) is 0 Å². The van der Waals surface area contributed by atoms with E-state index in [-0.39, 0.29) is 29.4 Å². The molecule has 1 amide bonds. The van der Waals surface area contributed by atoms with Crippen LogP contribution in [0.15, 0.2) is 17.1 Å². The molecule has 2 aromatic rings. The van der Waals surface area contributed by atoms with Crippen molar-refractivity contribution in [3.8, 4) is 17.6 Å². The Labute approximate surface area is 155 Å². The van der Waals surface area contributed by atoms with E-state index < -0.39 is 12.1 Å². The first-order valence-corrected chi connectivity index (χ1v) is 8.74. The summed E-state index contributed by atoms with van der Waals surface area (Å²) in [5.74, 6) is -0.208. The third-order valence-corrected chi connectivity index (χ3v) is 5.06. The number of rotatable bonds is 2. The maximum atomic E-state index is 12.9. The lowest BCUT2D eigenvalue weighted by Crippen LogP contribution is -2.38. The molecule has 4 heterocycles. The summed E-state index contributed by atoms with van der Waals surface area (Å²) in [7, 11) is 0. The first-order valence-electron chi connectivity index (χ1n) is 8.74. The summed E-state index contributed by atoms with van der Waals surface area (Å²) in [5, 5.41) is 19.8. The SMILES string of the molecule is Cc1cc(-n2c(O)c3n(c2=O)C2CC3N(C(=O)OC(C)C)C2)cnc1C#N. The number of carbonyl (C=O) groups is 1. The van der Waals surface area contributed by atoms with E-state index in [9.17, 15) is 14.7 Å². The van der Waals surface area contributed by atoms with Gasteiger partial charge in [-0.15, -0.1) is 0 Å². The Hall–Kier alpha value is -3.28. The van der Waals surface area contributed by atoms with Gasteiger partial charge in [0.15, 0.2) is 0 Å². The molecule has 9 nitrogen and oxygen atoms in total. The molecule has 2 aliphatic rings. The number of nitrogens with zero attached hydrogens (tertiary/aromatic N) is 5. The summed E-state index contributed by atoms with van der Waals surface area (Å²) >= 11 is 0. The number of pyridine rings is 1. The average Bonchev–Trinajstić information content (AvgIpc) is 3.26. The van der Waals surface area contributed by atoms with E-state index in [0.717, 1.165) is 0 Å². The summed E-state index contributed by atoms with van der Waals surface area (Å²) in [6, 6.07) is 3.01. The second-order valence-electron chi connectivity index (χ2n) is 7.16. The van der Waals surface area contributed by atoms with Crippen LogP contribution >= 0.6 is 0 Å². The Bertz CT molecular complexity index is 1050. The van der Waals surface area contributed by atoms with E-state index in [1.807, 2.05) is 6.07 Å². The number of hydrogen-bond donors (Lipinski definition) is 1. The van der Waals surface area contributed by atoms with Crippen LogP contribution in [0.25, 0.3) is 5.69 Å². The van der Waals surface area contributed by atoms with Crippen molar-refractivity contribution in [2.45, 2.75) is 45.4 Å². The topological polar surface area (TPSA) is 113 Å². The molecule has 0 spiro atoms. The summed E-state index contributed by atoms with van der Waals surface area (Å²) < 4.78 is 8.00. The van der Waals surface area contributed by atoms with Gasteiger partial charge in [0.1, 0.15) is 17.5 Å². The van der Waals surface area contributed by atoms with Crippen LogP contribution in [0.3, 0.4) is 0 Å². The van der Waals surface area contributed by atoms with Gasteiger partial charge in [-0.3, -0.25) is 9.47 Å². The molecule has 1 saturated heterocycles. The van der Waals surface area contributed by atoms with Crippen molar-refractivity contribution < 1.29 is 14.6 Å². The van der Waals surface area contributed by atoms with Gasteiger partial charge in [0.05, 0.1) is 30.1 Å². The van der Waals surface area contributed by atoms with E-state index >= 15 is 0 Å². The van der Waals surface area contributed by atoms with Gasteiger partial charge in [-0.05, 0) is 38.8 Å². The van der Waals surface area contributed by atoms with E-state index in [1.165, 1.54) is 10.8 Å². The standard InChI is InChI=1S/C18H19N5O4/c1-9(2)27-18(26)21-8-12-5-14(21)15-16(24)23(17(25)22(12)15)11-4-10(3)13(6-19)20-7-11/h4,7,9,12,14,24H,5,8H2,1-3H3. The Morgan fingerprint density at radius 2 is 2.22 bits per heavy atom. The van der Waals surface area contributed by atoms with E-state index in [4.69, 9.17) is 10.00 Å². The van der Waals surface area contributed by atoms with Crippen LogP contribution in [0.4, 0.5) is 4.79 Å². The molecule has 9 heteroatoms. The van der Waals surface area contributed by atoms with Gasteiger partial charge < -0.3 is 9.84 Å². The van der Waals surface area contributed by atoms with Crippen molar-refractivity contribution in [1.82, 2.24) is 19.0 Å². The smallest absolute Gasteiger partial charge is 0.410 e. The van der Waals surface area contributed by atoms with Crippen LogP contribution in [0, 0.1) is 18.3 Å². The molecule has 1 fully saturated rings. The normalized spacial score (nSPS) is 20.0. The molecule has 1 N–H and O–H groups in total. The quantitative estimate of drug-likeness (QED) is 0.863. The van der Waals surface area contributed by atoms with E-state index in [1.54, 1.807) is 36.3 Å². The summed E-state index contributed by atoms with van der Waals surface area (Å²) in [4.78, 5) is 30.9. The number of ether oxygens (including phenoxy) is 1. The molecular formula is C18H19N5O4. The zero-order valence-electron chi connectivity index (χ0n) is 15.2. The fourth-order valence-electron chi connectivity index (χ4n) is 3.95. The van der Waals surface area contributed by atoms with Crippen molar-refractivity contribution >= 4 is 6.09 Å². The molecule has 27 heavy (non-hydrogen) atoms. The lowest BCUT2D eigenvalue weighted by Gasteiger charge is -2.27. The highest BCUT2D eigenvalue weighted by molar-refractivity contribution is 5.69. The fraction of sp³-hybridized carbons (Fsp3) is 0.444. The fourth-order valence-corrected chi connectivity index (χ4v) is 3.95. The Morgan fingerprint density at radius 3 is 2.85 bits per heavy atom. The van der Waals surface area contributed by atoms with Gasteiger partial charge in [0.2, 0.25) is 5.88 Å². The zero-order valence-corrected chi connectivity index (χ0v) is 15.2. The van der Waals surface area contributed by atoms with Gasteiger partial charge in [-0.25, -0.2) is 19.1 Å². The summed E-state index contributed by atoms with van der Waals surface area (Å²) in [6.07, 6.45) is 1.27. The zero-order chi connectivity index (χ0) is 19.5. The van der Waals surface area contributed by atoms with Crippen LogP contribution in [0.5, 0.6) is 5.88 Å². The molecular weight excluding hydrogens is 350 g/mol. The highest BCUT2D eigenvalue weighted by Crippen LogP contribution is 2.48. The molecule has 140 valence electrons. The molecule has 4 rings (SSSR count). The number of amides is 1. The number of fused-ring (bicyclic) bond motifs is 5. The predicted octanol–water partition coefficient (Wildman–Crippen LogP) is 1.77. The number of aromatic hydroxyl groups is 1. The minimum atomic E-state index is -0.445. The Kier molecular flexibility index (Phi) is 3.73. The summed E-state index contributed by atoms with van der Waals surface area (Å²) in [6.45, 7) is 5.64. The second-order valence-corrected chi connectivity index (χ2v) is 7.16. The molecule has 2 atom stereocenters. The molecule has 0 aromatic carbocycles. The Morgan fingerprint density at radius 1 is 1.48 bits per heavy atom. The number of hydrogen-bond acceptors (Lipinski definition) is 6. The van der Waals surface area contributed by atoms with Crippen LogP contribution in [-0.4, -0.2) is 42.9 Å². The number of aryl methyl sites for hydroxylation is 1. The molecule has 0 radical (unpaired) electrons. The lowest BCUT2D eigenvalue weighted by atomic mass is 10.2. The van der Waals surface area contributed by atoms with Gasteiger partial charge in [-0.2, -0.15) is 5.26 Å². The lowest BCUT2D eigenvalue weighted by molar-refractivity contribution is 0.0688. The minimum absolute atomic E-state index is 0.197. The van der Waals surface area contributed by atoms with Crippen molar-refractivity contribution in [1.29, 1.82) is 5.26 Å². The molecule has 2 bridgehead atoms. The average molecular weight is 369 g/mol. The van der Waals surface area contributed by atoms with Crippen LogP contribution < -0.4 is 5.69 Å². The number of imidazole rings is 1. The maximum absolute atomic E-state index is 12.9. The predicted molar refractivity (Wildman–Crippen MR) is 93.7 cm³/mol. The maximum Gasteiger partial charge on any atom is 0.410 e. The van der Waals surface area contributed by atoms with Gasteiger partial charge in [0.25, 0.3) is 0 Å². The van der Waals surface area contributed by atoms with Crippen LogP contribution in [-0.2, 0) is 4.74 Å². The van der Waals surface area contributed by atoms with Crippen LogP contribution in [0.2, 0.25) is 0 Å². The minimum Gasteiger partial charge on any atom is -0.493 e. The van der Waals surface area contributed by atoms with Crippen molar-refractivity contribution in [2.24, 2.45) is 0 Å². The first kappa shape index (κ1) is 17.1. The number of aromatic nitrogens is 3. The number of carbonyl (C=O) groups excluding carboxylic acids is 1. The van der Waals surface area contributed by atoms with Gasteiger partial charge >= 0.3 is 11.8 Å². The highest BCUT2D eigenvalue weighted by atomic mass is 16.6. The monoisotopic (exact) mass is 369 g/mol. The van der Waals surface area contributed by atoms with Gasteiger partial charge in [0, 0.05) is 6.54 Å².